The Morgan fingerprint density at radius 1 is 0.714 bits per heavy atom. The molecule has 0 fully saturated rings. The molecule has 0 aromatic carbocycles. The average molecular weight is 203 g/mol. The van der Waals surface area contributed by atoms with Crippen LogP contribution in [-0.2, 0) is 0 Å². The van der Waals surface area contributed by atoms with E-state index in [4.69, 9.17) is 0 Å². The molecule has 0 aliphatic heterocycles. The molecule has 1 nitrogen and oxygen atoms in total. The maximum absolute atomic E-state index is 2.40. The lowest BCUT2D eigenvalue weighted by molar-refractivity contribution is 0.265. The Kier molecular flexibility index (Phi) is 21.5. The fourth-order valence-corrected chi connectivity index (χ4v) is 1.32. The Hall–Kier alpha value is -0.0400. The van der Waals surface area contributed by atoms with Crippen LogP contribution in [0.15, 0.2) is 0 Å². The first-order chi connectivity index (χ1) is 6.52. The minimum Gasteiger partial charge on any atom is -0.306 e. The third kappa shape index (κ3) is 22.7. The molecule has 0 aliphatic rings. The van der Waals surface area contributed by atoms with Gasteiger partial charge in [-0.05, 0) is 18.9 Å². The fraction of sp³-hybridized carbons (Fsp3) is 1.00. The van der Waals surface area contributed by atoms with Crippen LogP contribution in [0.3, 0.4) is 0 Å². The van der Waals surface area contributed by atoms with E-state index in [1.54, 1.807) is 0 Å². The van der Waals surface area contributed by atoms with Crippen LogP contribution in [0, 0.1) is 11.8 Å². The summed E-state index contributed by atoms with van der Waals surface area (Å²) in [6.45, 7) is 19.5. The lowest BCUT2D eigenvalue weighted by atomic mass is 10.1. The van der Waals surface area contributed by atoms with Crippen molar-refractivity contribution in [2.75, 3.05) is 20.1 Å². The summed E-state index contributed by atoms with van der Waals surface area (Å²) in [5.74, 6) is 1.59. The second kappa shape index (κ2) is 15.4. The highest BCUT2D eigenvalue weighted by atomic mass is 15.1. The van der Waals surface area contributed by atoms with Crippen LogP contribution in [0.4, 0.5) is 0 Å². The Bertz CT molecular complexity index is 67.3. The first-order valence-electron chi connectivity index (χ1n) is 6.21. The van der Waals surface area contributed by atoms with Gasteiger partial charge in [-0.15, -0.1) is 0 Å². The highest BCUT2D eigenvalue weighted by Gasteiger charge is 2.02. The molecule has 0 amide bonds. The van der Waals surface area contributed by atoms with E-state index in [9.17, 15) is 0 Å². The van der Waals surface area contributed by atoms with E-state index in [0.29, 0.717) is 0 Å². The second-order valence-electron chi connectivity index (χ2n) is 4.01. The van der Waals surface area contributed by atoms with Crippen LogP contribution in [0.25, 0.3) is 0 Å². The van der Waals surface area contributed by atoms with Gasteiger partial charge in [0, 0.05) is 13.1 Å². The van der Waals surface area contributed by atoms with Crippen molar-refractivity contribution in [3.8, 4) is 0 Å². The molecule has 0 heterocycles. The van der Waals surface area contributed by atoms with E-state index < -0.39 is 0 Å². The molecular formula is C13H33N. The van der Waals surface area contributed by atoms with Gasteiger partial charge in [-0.3, -0.25) is 0 Å². The van der Waals surface area contributed by atoms with Crippen molar-refractivity contribution in [2.24, 2.45) is 11.8 Å². The van der Waals surface area contributed by atoms with Gasteiger partial charge in [0.2, 0.25) is 0 Å². The molecule has 0 aromatic rings. The van der Waals surface area contributed by atoms with Gasteiger partial charge in [0.15, 0.2) is 0 Å². The van der Waals surface area contributed by atoms with Crippen molar-refractivity contribution in [3.05, 3.63) is 0 Å². The van der Waals surface area contributed by atoms with Gasteiger partial charge in [-0.25, -0.2) is 0 Å². The summed E-state index contributed by atoms with van der Waals surface area (Å²) in [7, 11) is 2.19. The molecule has 0 atom stereocenters. The molecule has 0 rings (SSSR count). The largest absolute Gasteiger partial charge is 0.306 e. The topological polar surface area (TPSA) is 3.24 Å². The van der Waals surface area contributed by atoms with Crippen LogP contribution < -0.4 is 0 Å². The zero-order valence-electron chi connectivity index (χ0n) is 12.0. The Labute approximate surface area is 92.9 Å². The Morgan fingerprint density at radius 2 is 0.929 bits per heavy atom. The quantitative estimate of drug-likeness (QED) is 0.659. The zero-order valence-corrected chi connectivity index (χ0v) is 12.0. The number of hydrogen-bond acceptors (Lipinski definition) is 1. The Morgan fingerprint density at radius 3 is 1.07 bits per heavy atom. The normalized spacial score (nSPS) is 9.43. The summed E-state index contributed by atoms with van der Waals surface area (Å²) >= 11 is 0. The number of nitrogens with zero attached hydrogens (tertiary/aromatic N) is 1. The molecule has 1 heteroatoms. The zero-order chi connectivity index (χ0) is 12.1. The smallest absolute Gasteiger partial charge is 0.000144 e. The second-order valence-corrected chi connectivity index (χ2v) is 4.01. The summed E-state index contributed by atoms with van der Waals surface area (Å²) in [4.78, 5) is 2.40. The average Bonchev–Trinajstić information content (AvgIpc) is 2.08. The van der Waals surface area contributed by atoms with E-state index in [1.165, 1.54) is 13.1 Å². The maximum Gasteiger partial charge on any atom is 0.000144 e. The molecule has 0 spiro atoms. The van der Waals surface area contributed by atoms with Gasteiger partial charge in [0.25, 0.3) is 0 Å². The van der Waals surface area contributed by atoms with Crippen molar-refractivity contribution in [2.45, 2.75) is 55.4 Å². The van der Waals surface area contributed by atoms with Crippen LogP contribution in [0.1, 0.15) is 55.4 Å². The van der Waals surface area contributed by atoms with Crippen LogP contribution in [-0.4, -0.2) is 25.0 Å². The number of rotatable bonds is 4. The molecule has 0 N–H and O–H groups in total. The lowest BCUT2D eigenvalue weighted by Crippen LogP contribution is -2.27. The van der Waals surface area contributed by atoms with Gasteiger partial charge in [-0.1, -0.05) is 55.4 Å². The molecule has 0 aromatic heterocycles. The summed E-state index contributed by atoms with van der Waals surface area (Å²) in [6, 6.07) is 0. The van der Waals surface area contributed by atoms with E-state index >= 15 is 0 Å². The van der Waals surface area contributed by atoms with E-state index in [-0.39, 0.29) is 0 Å². The van der Waals surface area contributed by atoms with Gasteiger partial charge in [0.1, 0.15) is 0 Å². The van der Waals surface area contributed by atoms with Gasteiger partial charge < -0.3 is 4.90 Å². The Balaban J connectivity index is -0.000000266. The summed E-state index contributed by atoms with van der Waals surface area (Å²) in [5, 5.41) is 0. The van der Waals surface area contributed by atoms with Crippen LogP contribution >= 0.6 is 0 Å². The minimum atomic E-state index is 0.795. The molecule has 90 valence electrons. The molecule has 0 bridgehead atoms. The fourth-order valence-electron chi connectivity index (χ4n) is 1.32. The molecule has 0 aliphatic carbocycles. The van der Waals surface area contributed by atoms with Gasteiger partial charge in [-0.2, -0.15) is 0 Å². The predicted molar refractivity (Wildman–Crippen MR) is 69.9 cm³/mol. The van der Waals surface area contributed by atoms with Crippen LogP contribution in [0.5, 0.6) is 0 Å². The molecule has 0 radical (unpaired) electrons. The third-order valence-electron chi connectivity index (χ3n) is 1.35. The predicted octanol–water partition coefficient (Wildman–Crippen LogP) is 4.28. The molecule has 0 saturated heterocycles. The third-order valence-corrected chi connectivity index (χ3v) is 1.35. The number of hydrogen-bond donors (Lipinski definition) is 0. The molecule has 14 heavy (non-hydrogen) atoms. The maximum atomic E-state index is 2.40. The highest BCUT2D eigenvalue weighted by Crippen LogP contribution is 1.99. The van der Waals surface area contributed by atoms with Crippen molar-refractivity contribution < 1.29 is 0 Å². The molecule has 0 unspecified atom stereocenters. The lowest BCUT2D eigenvalue weighted by Gasteiger charge is -2.20. The summed E-state index contributed by atoms with van der Waals surface area (Å²) in [6.07, 6.45) is 0. The molecule has 0 saturated carbocycles. The summed E-state index contributed by atoms with van der Waals surface area (Å²) < 4.78 is 0. The van der Waals surface area contributed by atoms with Gasteiger partial charge >= 0.3 is 0 Å². The summed E-state index contributed by atoms with van der Waals surface area (Å²) in [5.41, 5.74) is 0. The van der Waals surface area contributed by atoms with Crippen molar-refractivity contribution in [1.82, 2.24) is 4.90 Å². The van der Waals surface area contributed by atoms with E-state index in [2.05, 4.69) is 39.6 Å². The van der Waals surface area contributed by atoms with Gasteiger partial charge in [0.05, 0.1) is 0 Å². The highest BCUT2D eigenvalue weighted by molar-refractivity contribution is 4.56. The van der Waals surface area contributed by atoms with E-state index in [1.807, 2.05) is 27.7 Å². The standard InChI is InChI=1S/C9H21N.2C2H6/c1-8(2)6-10(5)7-9(3)4;2*1-2/h8-9H,6-7H2,1-5H3;2*1-2H3. The monoisotopic (exact) mass is 203 g/mol. The first-order valence-corrected chi connectivity index (χ1v) is 6.21. The molecular weight excluding hydrogens is 170 g/mol. The van der Waals surface area contributed by atoms with Crippen LogP contribution in [0.2, 0.25) is 0 Å². The van der Waals surface area contributed by atoms with Crippen molar-refractivity contribution in [3.63, 3.8) is 0 Å². The van der Waals surface area contributed by atoms with Crippen molar-refractivity contribution in [1.29, 1.82) is 0 Å². The SMILES string of the molecule is CC.CC.CC(C)CN(C)CC(C)C. The first kappa shape index (κ1) is 19.5. The minimum absolute atomic E-state index is 0.795. The van der Waals surface area contributed by atoms with Crippen molar-refractivity contribution >= 4 is 0 Å². The van der Waals surface area contributed by atoms with E-state index in [0.717, 1.165) is 11.8 Å².